The maximum atomic E-state index is 9.45. The molecular formula is C15H17NO3. The molecule has 1 N–H and O–H groups in total. The number of aromatic nitrogens is 1. The van der Waals surface area contributed by atoms with Gasteiger partial charge in [-0.3, -0.25) is 4.98 Å². The molecule has 1 aromatic carbocycles. The summed E-state index contributed by atoms with van der Waals surface area (Å²) in [6.07, 6.45) is 3.42. The normalized spacial score (nSPS) is 11.9. The Morgan fingerprint density at radius 1 is 1.11 bits per heavy atom. The molecule has 0 fully saturated rings. The molecule has 0 radical (unpaired) electrons. The first kappa shape index (κ1) is 13.4. The number of aliphatic hydroxyl groups excluding tert-OH is 1. The van der Waals surface area contributed by atoms with Gasteiger partial charge in [-0.15, -0.1) is 0 Å². The smallest absolute Gasteiger partial charge is 0.161 e. The first-order chi connectivity index (χ1) is 9.35. The van der Waals surface area contributed by atoms with Crippen LogP contribution in [0.3, 0.4) is 0 Å². The summed E-state index contributed by atoms with van der Waals surface area (Å²) in [6, 6.07) is 11.2. The molecule has 0 amide bonds. The van der Waals surface area contributed by atoms with Gasteiger partial charge in [0.05, 0.1) is 20.3 Å². The van der Waals surface area contributed by atoms with Gasteiger partial charge in [0, 0.05) is 18.3 Å². The Balaban J connectivity index is 2.04. The van der Waals surface area contributed by atoms with Crippen LogP contribution in [-0.2, 0) is 0 Å². The number of rotatable bonds is 6. The SMILES string of the molecule is COc1ccccc1OCC(CO)c1ccncc1. The van der Waals surface area contributed by atoms with Crippen LogP contribution in [0.25, 0.3) is 0 Å². The minimum Gasteiger partial charge on any atom is -0.493 e. The van der Waals surface area contributed by atoms with E-state index in [1.165, 1.54) is 0 Å². The molecule has 1 atom stereocenters. The summed E-state index contributed by atoms with van der Waals surface area (Å²) in [5.41, 5.74) is 1.01. The third-order valence-corrected chi connectivity index (χ3v) is 2.91. The number of pyridine rings is 1. The molecule has 0 saturated carbocycles. The fourth-order valence-corrected chi connectivity index (χ4v) is 1.82. The van der Waals surface area contributed by atoms with Crippen molar-refractivity contribution in [3.8, 4) is 11.5 Å². The van der Waals surface area contributed by atoms with E-state index in [1.54, 1.807) is 19.5 Å². The van der Waals surface area contributed by atoms with Crippen LogP contribution < -0.4 is 9.47 Å². The van der Waals surface area contributed by atoms with Gasteiger partial charge >= 0.3 is 0 Å². The van der Waals surface area contributed by atoms with Gasteiger partial charge in [0.2, 0.25) is 0 Å². The molecule has 4 nitrogen and oxygen atoms in total. The van der Waals surface area contributed by atoms with Crippen LogP contribution in [0.2, 0.25) is 0 Å². The Morgan fingerprint density at radius 3 is 2.42 bits per heavy atom. The van der Waals surface area contributed by atoms with E-state index < -0.39 is 0 Å². The van der Waals surface area contributed by atoms with Crippen LogP contribution in [0.1, 0.15) is 11.5 Å². The Morgan fingerprint density at radius 2 is 1.79 bits per heavy atom. The minimum atomic E-state index is -0.0760. The van der Waals surface area contributed by atoms with Gasteiger partial charge < -0.3 is 14.6 Å². The molecule has 0 spiro atoms. The van der Waals surface area contributed by atoms with Crippen molar-refractivity contribution in [2.75, 3.05) is 20.3 Å². The zero-order valence-electron chi connectivity index (χ0n) is 10.8. The van der Waals surface area contributed by atoms with Crippen molar-refractivity contribution >= 4 is 0 Å². The number of para-hydroxylation sites is 2. The van der Waals surface area contributed by atoms with Crippen molar-refractivity contribution in [1.82, 2.24) is 4.98 Å². The molecule has 1 heterocycles. The Kier molecular flexibility index (Phi) is 4.75. The largest absolute Gasteiger partial charge is 0.493 e. The summed E-state index contributed by atoms with van der Waals surface area (Å²) in [5.74, 6) is 1.29. The summed E-state index contributed by atoms with van der Waals surface area (Å²) in [7, 11) is 1.61. The molecular weight excluding hydrogens is 242 g/mol. The first-order valence-electron chi connectivity index (χ1n) is 6.11. The summed E-state index contributed by atoms with van der Waals surface area (Å²) in [5, 5.41) is 9.45. The molecule has 1 aromatic heterocycles. The van der Waals surface area contributed by atoms with E-state index in [1.807, 2.05) is 36.4 Å². The van der Waals surface area contributed by atoms with Gasteiger partial charge in [0.1, 0.15) is 0 Å². The van der Waals surface area contributed by atoms with Gasteiger partial charge in [0.15, 0.2) is 11.5 Å². The monoisotopic (exact) mass is 259 g/mol. The van der Waals surface area contributed by atoms with Crippen molar-refractivity contribution in [3.63, 3.8) is 0 Å². The van der Waals surface area contributed by atoms with Crippen LogP contribution in [-0.4, -0.2) is 30.4 Å². The first-order valence-corrected chi connectivity index (χ1v) is 6.11. The minimum absolute atomic E-state index is 0.0269. The molecule has 2 aromatic rings. The summed E-state index contributed by atoms with van der Waals surface area (Å²) < 4.78 is 10.9. The second kappa shape index (κ2) is 6.75. The second-order valence-electron chi connectivity index (χ2n) is 4.12. The molecule has 100 valence electrons. The lowest BCUT2D eigenvalue weighted by Crippen LogP contribution is -2.14. The predicted octanol–water partition coefficient (Wildman–Crippen LogP) is 2.25. The lowest BCUT2D eigenvalue weighted by Gasteiger charge is -2.16. The van der Waals surface area contributed by atoms with E-state index in [0.717, 1.165) is 5.56 Å². The summed E-state index contributed by atoms with van der Waals surface area (Å²) >= 11 is 0. The van der Waals surface area contributed by atoms with Gasteiger partial charge in [-0.2, -0.15) is 0 Å². The van der Waals surface area contributed by atoms with Crippen molar-refractivity contribution in [2.24, 2.45) is 0 Å². The van der Waals surface area contributed by atoms with E-state index in [0.29, 0.717) is 18.1 Å². The third kappa shape index (κ3) is 3.45. The topological polar surface area (TPSA) is 51.6 Å². The number of aliphatic hydroxyl groups is 1. The van der Waals surface area contributed by atoms with Gasteiger partial charge in [-0.25, -0.2) is 0 Å². The maximum Gasteiger partial charge on any atom is 0.161 e. The highest BCUT2D eigenvalue weighted by atomic mass is 16.5. The quantitative estimate of drug-likeness (QED) is 0.864. The predicted molar refractivity (Wildman–Crippen MR) is 72.6 cm³/mol. The number of ether oxygens (including phenoxy) is 2. The van der Waals surface area contributed by atoms with Crippen LogP contribution in [0.5, 0.6) is 11.5 Å². The van der Waals surface area contributed by atoms with E-state index in [-0.39, 0.29) is 12.5 Å². The van der Waals surface area contributed by atoms with Crippen molar-refractivity contribution in [3.05, 3.63) is 54.4 Å². The van der Waals surface area contributed by atoms with Crippen molar-refractivity contribution in [2.45, 2.75) is 5.92 Å². The number of nitrogens with zero attached hydrogens (tertiary/aromatic N) is 1. The van der Waals surface area contributed by atoms with Crippen LogP contribution >= 0.6 is 0 Å². The molecule has 1 unspecified atom stereocenters. The number of hydrogen-bond donors (Lipinski definition) is 1. The highest BCUT2D eigenvalue weighted by molar-refractivity contribution is 5.39. The van der Waals surface area contributed by atoms with Crippen LogP contribution in [0.15, 0.2) is 48.8 Å². The molecule has 0 aliphatic carbocycles. The number of methoxy groups -OCH3 is 1. The number of benzene rings is 1. The lowest BCUT2D eigenvalue weighted by molar-refractivity contribution is 0.201. The van der Waals surface area contributed by atoms with E-state index in [2.05, 4.69) is 4.98 Å². The zero-order chi connectivity index (χ0) is 13.5. The molecule has 0 aliphatic heterocycles. The Labute approximate surface area is 112 Å². The number of hydrogen-bond acceptors (Lipinski definition) is 4. The maximum absolute atomic E-state index is 9.45. The molecule has 2 rings (SSSR count). The molecule has 0 aliphatic rings. The highest BCUT2D eigenvalue weighted by Crippen LogP contribution is 2.27. The standard InChI is InChI=1S/C15H17NO3/c1-18-14-4-2-3-5-15(14)19-11-13(10-17)12-6-8-16-9-7-12/h2-9,13,17H,10-11H2,1H3. The average molecular weight is 259 g/mol. The van der Waals surface area contributed by atoms with E-state index in [9.17, 15) is 5.11 Å². The molecule has 4 heteroatoms. The van der Waals surface area contributed by atoms with Crippen LogP contribution in [0.4, 0.5) is 0 Å². The Bertz CT molecular complexity index is 502. The fraction of sp³-hybridized carbons (Fsp3) is 0.267. The molecule has 19 heavy (non-hydrogen) atoms. The van der Waals surface area contributed by atoms with Gasteiger partial charge in [0.25, 0.3) is 0 Å². The fourth-order valence-electron chi connectivity index (χ4n) is 1.82. The van der Waals surface area contributed by atoms with Crippen LogP contribution in [0, 0.1) is 0 Å². The second-order valence-corrected chi connectivity index (χ2v) is 4.12. The van der Waals surface area contributed by atoms with Crippen molar-refractivity contribution < 1.29 is 14.6 Å². The molecule has 0 bridgehead atoms. The summed E-state index contributed by atoms with van der Waals surface area (Å²) in [6.45, 7) is 0.417. The van der Waals surface area contributed by atoms with Gasteiger partial charge in [-0.1, -0.05) is 12.1 Å². The lowest BCUT2D eigenvalue weighted by atomic mass is 10.0. The van der Waals surface area contributed by atoms with Gasteiger partial charge in [-0.05, 0) is 29.8 Å². The highest BCUT2D eigenvalue weighted by Gasteiger charge is 2.12. The zero-order valence-corrected chi connectivity index (χ0v) is 10.8. The van der Waals surface area contributed by atoms with E-state index >= 15 is 0 Å². The van der Waals surface area contributed by atoms with Crippen molar-refractivity contribution in [1.29, 1.82) is 0 Å². The average Bonchev–Trinajstić information content (AvgIpc) is 2.49. The Hall–Kier alpha value is -2.07. The van der Waals surface area contributed by atoms with E-state index in [4.69, 9.17) is 9.47 Å². The molecule has 0 saturated heterocycles. The summed E-state index contributed by atoms with van der Waals surface area (Å²) in [4.78, 5) is 3.97. The third-order valence-electron chi connectivity index (χ3n) is 2.91.